The molecule has 4 N–H and O–H groups in total. The Kier molecular flexibility index (Phi) is 5.15. The van der Waals surface area contributed by atoms with E-state index in [4.69, 9.17) is 10.5 Å². The number of piperidine rings is 1. The fraction of sp³-hybridized carbons (Fsp3) is 0.688. The molecule has 2 unspecified atom stereocenters. The zero-order valence-electron chi connectivity index (χ0n) is 14.3. The molecule has 3 heterocycles. The Morgan fingerprint density at radius 3 is 2.92 bits per heavy atom. The molecule has 24 heavy (non-hydrogen) atoms. The molecule has 0 aliphatic carbocycles. The van der Waals surface area contributed by atoms with E-state index in [-0.39, 0.29) is 23.9 Å². The van der Waals surface area contributed by atoms with Crippen molar-refractivity contribution in [3.8, 4) is 6.01 Å². The number of nitrogens with one attached hydrogen (secondary N) is 1. The molecule has 0 amide bonds. The second-order valence-electron chi connectivity index (χ2n) is 6.45. The van der Waals surface area contributed by atoms with Crippen LogP contribution in [-0.4, -0.2) is 43.9 Å². The van der Waals surface area contributed by atoms with Crippen LogP contribution in [0.15, 0.2) is 6.20 Å². The van der Waals surface area contributed by atoms with Gasteiger partial charge in [-0.3, -0.25) is 0 Å². The molecule has 0 saturated carbocycles. The van der Waals surface area contributed by atoms with E-state index in [1.165, 1.54) is 0 Å². The van der Waals surface area contributed by atoms with E-state index in [1.54, 1.807) is 10.7 Å². The number of aromatic nitrogens is 4. The van der Waals surface area contributed by atoms with E-state index < -0.39 is 6.10 Å². The maximum Gasteiger partial charge on any atom is 0.336 e. The Balaban J connectivity index is 1.89. The van der Waals surface area contributed by atoms with E-state index in [0.717, 1.165) is 38.8 Å². The first kappa shape index (κ1) is 16.9. The van der Waals surface area contributed by atoms with Gasteiger partial charge in [-0.1, -0.05) is 13.3 Å². The molecule has 0 aromatic carbocycles. The Morgan fingerprint density at radius 2 is 2.21 bits per heavy atom. The van der Waals surface area contributed by atoms with Crippen LogP contribution in [0.5, 0.6) is 6.01 Å². The molecule has 2 aromatic heterocycles. The molecule has 1 saturated heterocycles. The Bertz CT molecular complexity index is 683. The van der Waals surface area contributed by atoms with Crippen molar-refractivity contribution in [2.75, 3.05) is 18.8 Å². The number of nitrogens with zero attached hydrogens (tertiary/aromatic N) is 4. The summed E-state index contributed by atoms with van der Waals surface area (Å²) in [5.41, 5.74) is 7.08. The molecule has 0 radical (unpaired) electrons. The summed E-state index contributed by atoms with van der Waals surface area (Å²) in [6.07, 6.45) is 4.79. The highest BCUT2D eigenvalue weighted by atomic mass is 16.5. The van der Waals surface area contributed by atoms with Gasteiger partial charge in [0.15, 0.2) is 11.5 Å². The number of anilines is 1. The Labute approximate surface area is 141 Å². The van der Waals surface area contributed by atoms with Gasteiger partial charge in [-0.2, -0.15) is 4.98 Å². The largest absolute Gasteiger partial charge is 0.459 e. The van der Waals surface area contributed by atoms with Crippen molar-refractivity contribution in [2.45, 2.75) is 51.7 Å². The van der Waals surface area contributed by atoms with Crippen LogP contribution in [0.25, 0.3) is 5.65 Å². The van der Waals surface area contributed by atoms with Gasteiger partial charge in [-0.15, -0.1) is 5.10 Å². The van der Waals surface area contributed by atoms with Crippen LogP contribution in [-0.2, 0) is 0 Å². The van der Waals surface area contributed by atoms with Crippen LogP contribution in [0.2, 0.25) is 0 Å². The summed E-state index contributed by atoms with van der Waals surface area (Å²) < 4.78 is 7.32. The van der Waals surface area contributed by atoms with Crippen LogP contribution in [0, 0.1) is 5.92 Å². The minimum absolute atomic E-state index is 0.00756. The molecular formula is C16H26N6O2. The van der Waals surface area contributed by atoms with Gasteiger partial charge in [-0.25, -0.2) is 9.50 Å². The first-order chi connectivity index (χ1) is 11.6. The van der Waals surface area contributed by atoms with Crippen molar-refractivity contribution >= 4 is 11.5 Å². The highest BCUT2D eigenvalue weighted by molar-refractivity contribution is 5.59. The first-order valence-electron chi connectivity index (χ1n) is 8.66. The first-order valence-corrected chi connectivity index (χ1v) is 8.66. The lowest BCUT2D eigenvalue weighted by molar-refractivity contribution is 0.0831. The van der Waals surface area contributed by atoms with E-state index in [2.05, 4.69) is 27.3 Å². The van der Waals surface area contributed by atoms with Crippen molar-refractivity contribution in [3.63, 3.8) is 0 Å². The van der Waals surface area contributed by atoms with Crippen LogP contribution in [0.4, 0.5) is 5.82 Å². The lowest BCUT2D eigenvalue weighted by atomic mass is 9.91. The summed E-state index contributed by atoms with van der Waals surface area (Å²) in [4.78, 5) is 8.45. The lowest BCUT2D eigenvalue weighted by Crippen LogP contribution is -2.31. The van der Waals surface area contributed by atoms with Crippen LogP contribution >= 0.6 is 0 Å². The fourth-order valence-corrected chi connectivity index (χ4v) is 3.20. The van der Waals surface area contributed by atoms with Gasteiger partial charge in [0.1, 0.15) is 6.10 Å². The summed E-state index contributed by atoms with van der Waals surface area (Å²) in [7, 11) is 0. The van der Waals surface area contributed by atoms with E-state index in [0.29, 0.717) is 11.3 Å². The van der Waals surface area contributed by atoms with E-state index in [1.807, 2.05) is 6.92 Å². The highest BCUT2D eigenvalue weighted by Gasteiger charge is 2.27. The zero-order chi connectivity index (χ0) is 17.1. The van der Waals surface area contributed by atoms with Crippen molar-refractivity contribution in [1.29, 1.82) is 0 Å². The molecule has 0 bridgehead atoms. The molecule has 1 aliphatic rings. The van der Waals surface area contributed by atoms with Gasteiger partial charge < -0.3 is 20.9 Å². The SMILES string of the molecule is CCCC(C)Oc1nc(N)c2ncc(C(O)C3CCNCC3)n2n1. The number of rotatable bonds is 6. The standard InChI is InChI=1S/C16H26N6O2/c1-3-4-10(2)24-16-20-14(17)15-19-9-12(22(15)21-16)13(23)11-5-7-18-8-6-11/h9-11,13,18,23H,3-8H2,1-2H3,(H2,17,20,21). The second-order valence-corrected chi connectivity index (χ2v) is 6.45. The normalized spacial score (nSPS) is 18.6. The second kappa shape index (κ2) is 7.31. The predicted octanol–water partition coefficient (Wildman–Crippen LogP) is 1.31. The minimum Gasteiger partial charge on any atom is -0.459 e. The molecule has 3 rings (SSSR count). The molecule has 1 aliphatic heterocycles. The number of hydrogen-bond acceptors (Lipinski definition) is 7. The molecule has 132 valence electrons. The topological polar surface area (TPSA) is 111 Å². The number of aliphatic hydroxyl groups excluding tert-OH is 1. The molecule has 2 atom stereocenters. The van der Waals surface area contributed by atoms with Crippen LogP contribution in [0.3, 0.4) is 0 Å². The smallest absolute Gasteiger partial charge is 0.336 e. The van der Waals surface area contributed by atoms with Gasteiger partial charge in [0.25, 0.3) is 0 Å². The zero-order valence-corrected chi connectivity index (χ0v) is 14.3. The molecular weight excluding hydrogens is 308 g/mol. The molecule has 2 aromatic rings. The summed E-state index contributed by atoms with van der Waals surface area (Å²) in [5.74, 6) is 0.443. The van der Waals surface area contributed by atoms with Crippen molar-refractivity contribution < 1.29 is 9.84 Å². The highest BCUT2D eigenvalue weighted by Crippen LogP contribution is 2.29. The molecule has 8 heteroatoms. The van der Waals surface area contributed by atoms with Gasteiger partial charge in [0.05, 0.1) is 18.0 Å². The monoisotopic (exact) mass is 334 g/mol. The summed E-state index contributed by atoms with van der Waals surface area (Å²) in [6, 6.07) is 0.220. The maximum absolute atomic E-state index is 10.7. The van der Waals surface area contributed by atoms with E-state index in [9.17, 15) is 5.11 Å². The fourth-order valence-electron chi connectivity index (χ4n) is 3.20. The quantitative estimate of drug-likeness (QED) is 0.730. The summed E-state index contributed by atoms with van der Waals surface area (Å²) in [6.45, 7) is 5.91. The van der Waals surface area contributed by atoms with Crippen molar-refractivity contribution in [3.05, 3.63) is 11.9 Å². The van der Waals surface area contributed by atoms with Gasteiger partial charge in [-0.05, 0) is 45.2 Å². The number of hydrogen-bond donors (Lipinski definition) is 3. The maximum atomic E-state index is 10.7. The number of nitrogens with two attached hydrogens (primary N) is 1. The van der Waals surface area contributed by atoms with Crippen molar-refractivity contribution in [1.82, 2.24) is 24.9 Å². The molecule has 8 nitrogen and oxygen atoms in total. The average Bonchev–Trinajstić information content (AvgIpc) is 2.99. The molecule has 1 fully saturated rings. The predicted molar refractivity (Wildman–Crippen MR) is 90.7 cm³/mol. The van der Waals surface area contributed by atoms with E-state index >= 15 is 0 Å². The number of fused-ring (bicyclic) bond motifs is 1. The van der Waals surface area contributed by atoms with Crippen LogP contribution in [0.1, 0.15) is 51.3 Å². The third-order valence-electron chi connectivity index (χ3n) is 4.53. The third kappa shape index (κ3) is 3.44. The number of imidazole rings is 1. The van der Waals surface area contributed by atoms with Crippen LogP contribution < -0.4 is 15.8 Å². The number of nitrogen functional groups attached to an aromatic ring is 1. The summed E-state index contributed by atoms with van der Waals surface area (Å²) in [5, 5.41) is 18.5. The van der Waals surface area contributed by atoms with Gasteiger partial charge in [0.2, 0.25) is 0 Å². The average molecular weight is 334 g/mol. The Hall–Kier alpha value is -1.93. The molecule has 0 spiro atoms. The minimum atomic E-state index is -0.627. The number of ether oxygens (including phenoxy) is 1. The lowest BCUT2D eigenvalue weighted by Gasteiger charge is -2.26. The third-order valence-corrected chi connectivity index (χ3v) is 4.53. The van der Waals surface area contributed by atoms with Gasteiger partial charge >= 0.3 is 6.01 Å². The summed E-state index contributed by atoms with van der Waals surface area (Å²) >= 11 is 0. The number of aliphatic hydroxyl groups is 1. The van der Waals surface area contributed by atoms with Crippen molar-refractivity contribution in [2.24, 2.45) is 5.92 Å². The van der Waals surface area contributed by atoms with Gasteiger partial charge in [0, 0.05) is 0 Å². The Morgan fingerprint density at radius 1 is 1.46 bits per heavy atom.